The number of benzene rings is 1. The summed E-state index contributed by atoms with van der Waals surface area (Å²) in [6.45, 7) is 9.42. The highest BCUT2D eigenvalue weighted by Crippen LogP contribution is 2.26. The highest BCUT2D eigenvalue weighted by Gasteiger charge is 2.27. The molecule has 1 aromatic rings. The number of likely N-dealkylation sites (N-methyl/N-ethyl adjacent to an activating group) is 1. The van der Waals surface area contributed by atoms with Crippen molar-refractivity contribution in [2.75, 3.05) is 51.8 Å². The van der Waals surface area contributed by atoms with Gasteiger partial charge < -0.3 is 20.1 Å². The monoisotopic (exact) mass is 490 g/mol. The van der Waals surface area contributed by atoms with Gasteiger partial charge in [-0.1, -0.05) is 13.0 Å². The molecule has 2 rings (SSSR count). The van der Waals surface area contributed by atoms with Gasteiger partial charge in [0.15, 0.2) is 5.96 Å². The van der Waals surface area contributed by atoms with Crippen LogP contribution in [-0.2, 0) is 4.74 Å². The number of ether oxygens (including phenoxy) is 2. The average Bonchev–Trinajstić information content (AvgIpc) is 3.48. The molecule has 0 aromatic heterocycles. The van der Waals surface area contributed by atoms with Crippen molar-refractivity contribution in [2.45, 2.75) is 39.2 Å². The molecule has 7 heteroatoms. The van der Waals surface area contributed by atoms with Gasteiger partial charge in [-0.15, -0.1) is 24.0 Å². The van der Waals surface area contributed by atoms with Crippen molar-refractivity contribution in [3.63, 3.8) is 0 Å². The topological polar surface area (TPSA) is 58.1 Å². The number of nitrogens with zero attached hydrogens (tertiary/aromatic N) is 2. The summed E-state index contributed by atoms with van der Waals surface area (Å²) < 4.78 is 10.8. The van der Waals surface area contributed by atoms with Crippen LogP contribution < -0.4 is 15.4 Å². The van der Waals surface area contributed by atoms with Gasteiger partial charge >= 0.3 is 0 Å². The van der Waals surface area contributed by atoms with Gasteiger partial charge in [-0.05, 0) is 38.4 Å². The van der Waals surface area contributed by atoms with Gasteiger partial charge in [0.05, 0.1) is 13.2 Å². The first-order valence-electron chi connectivity index (χ1n) is 9.78. The second kappa shape index (κ2) is 14.0. The van der Waals surface area contributed by atoms with Gasteiger partial charge in [0.2, 0.25) is 0 Å². The molecule has 0 radical (unpaired) electrons. The van der Waals surface area contributed by atoms with Crippen LogP contribution in [0.25, 0.3) is 0 Å². The van der Waals surface area contributed by atoms with E-state index in [9.17, 15) is 0 Å². The van der Waals surface area contributed by atoms with Crippen LogP contribution >= 0.6 is 24.0 Å². The third-order valence-corrected chi connectivity index (χ3v) is 4.33. The quantitative estimate of drug-likeness (QED) is 0.203. The molecule has 0 spiro atoms. The molecule has 2 N–H and O–H groups in total. The molecule has 1 fully saturated rings. The van der Waals surface area contributed by atoms with Gasteiger partial charge in [-0.2, -0.15) is 0 Å². The van der Waals surface area contributed by atoms with Gasteiger partial charge in [0.25, 0.3) is 0 Å². The SMILES string of the molecule is CCNC(=NCCN(CC)C1CC1)Nc1cccc(OCCCOC)c1.I. The molecule has 6 nitrogen and oxygen atoms in total. The van der Waals surface area contributed by atoms with Crippen molar-refractivity contribution in [1.29, 1.82) is 0 Å². The Bertz CT molecular complexity index is 553. The Balaban J connectivity index is 0.00000364. The highest BCUT2D eigenvalue weighted by atomic mass is 127. The molecule has 0 unspecified atom stereocenters. The third kappa shape index (κ3) is 9.62. The van der Waals surface area contributed by atoms with E-state index in [2.05, 4.69) is 29.4 Å². The van der Waals surface area contributed by atoms with E-state index in [-0.39, 0.29) is 24.0 Å². The molecule has 0 aliphatic heterocycles. The molecule has 0 amide bonds. The molecule has 0 heterocycles. The minimum absolute atomic E-state index is 0. The molecule has 0 bridgehead atoms. The molecule has 1 saturated carbocycles. The van der Waals surface area contributed by atoms with Crippen LogP contribution in [0.15, 0.2) is 29.3 Å². The third-order valence-electron chi connectivity index (χ3n) is 4.33. The van der Waals surface area contributed by atoms with Crippen molar-refractivity contribution in [1.82, 2.24) is 10.2 Å². The van der Waals surface area contributed by atoms with Crippen LogP contribution in [0.1, 0.15) is 33.1 Å². The second-order valence-electron chi connectivity index (χ2n) is 6.47. The predicted molar refractivity (Wildman–Crippen MR) is 124 cm³/mol. The molecular formula is C20H35IN4O2. The van der Waals surface area contributed by atoms with Gasteiger partial charge in [-0.25, -0.2) is 0 Å². The molecule has 0 saturated heterocycles. The maximum atomic E-state index is 5.76. The van der Waals surface area contributed by atoms with E-state index in [1.165, 1.54) is 12.8 Å². The number of aliphatic imine (C=N–C) groups is 1. The van der Waals surface area contributed by atoms with Crippen molar-refractivity contribution in [2.24, 2.45) is 4.99 Å². The smallest absolute Gasteiger partial charge is 0.195 e. The van der Waals surface area contributed by atoms with E-state index >= 15 is 0 Å². The lowest BCUT2D eigenvalue weighted by Gasteiger charge is -2.19. The number of hydrogen-bond acceptors (Lipinski definition) is 4. The second-order valence-corrected chi connectivity index (χ2v) is 6.47. The van der Waals surface area contributed by atoms with Crippen LogP contribution in [0, 0.1) is 0 Å². The summed E-state index contributed by atoms with van der Waals surface area (Å²) >= 11 is 0. The summed E-state index contributed by atoms with van der Waals surface area (Å²) in [7, 11) is 1.70. The zero-order valence-electron chi connectivity index (χ0n) is 16.9. The summed E-state index contributed by atoms with van der Waals surface area (Å²) in [6.07, 6.45) is 3.56. The molecule has 1 aliphatic rings. The molecule has 154 valence electrons. The number of hydrogen-bond donors (Lipinski definition) is 2. The van der Waals surface area contributed by atoms with E-state index in [4.69, 9.17) is 14.5 Å². The number of guanidine groups is 1. The Morgan fingerprint density at radius 3 is 2.74 bits per heavy atom. The Labute approximate surface area is 181 Å². The summed E-state index contributed by atoms with van der Waals surface area (Å²) in [6, 6.07) is 8.78. The summed E-state index contributed by atoms with van der Waals surface area (Å²) in [5.41, 5.74) is 0.975. The van der Waals surface area contributed by atoms with Gasteiger partial charge in [0.1, 0.15) is 5.75 Å². The number of rotatable bonds is 12. The predicted octanol–water partition coefficient (Wildman–Crippen LogP) is 3.58. The van der Waals surface area contributed by atoms with Crippen LogP contribution in [0.2, 0.25) is 0 Å². The standard InChI is InChI=1S/C20H34N4O2.HI/c1-4-21-20(22-12-13-24(5-2)18-10-11-18)23-17-8-6-9-19(16-17)26-15-7-14-25-3;/h6,8-9,16,18H,4-5,7,10-15H2,1-3H3,(H2,21,22,23);1H. The number of nitrogens with one attached hydrogen (secondary N) is 2. The van der Waals surface area contributed by atoms with E-state index in [0.29, 0.717) is 13.2 Å². The largest absolute Gasteiger partial charge is 0.493 e. The lowest BCUT2D eigenvalue weighted by Crippen LogP contribution is -2.33. The normalized spacial score (nSPS) is 14.0. The summed E-state index contributed by atoms with van der Waals surface area (Å²) in [5.74, 6) is 1.67. The summed E-state index contributed by atoms with van der Waals surface area (Å²) in [5, 5.41) is 6.68. The van der Waals surface area contributed by atoms with Gasteiger partial charge in [0, 0.05) is 51.0 Å². The number of methoxy groups -OCH3 is 1. The first-order chi connectivity index (χ1) is 12.8. The zero-order valence-corrected chi connectivity index (χ0v) is 19.2. The fourth-order valence-electron chi connectivity index (χ4n) is 2.83. The Morgan fingerprint density at radius 1 is 1.26 bits per heavy atom. The lowest BCUT2D eigenvalue weighted by molar-refractivity contribution is 0.172. The molecule has 0 atom stereocenters. The van der Waals surface area contributed by atoms with Crippen molar-refractivity contribution in [3.8, 4) is 5.75 Å². The minimum atomic E-state index is 0. The first kappa shape index (κ1) is 24.0. The Morgan fingerprint density at radius 2 is 2.07 bits per heavy atom. The average molecular weight is 490 g/mol. The van der Waals surface area contributed by atoms with Crippen LogP contribution in [0.5, 0.6) is 5.75 Å². The van der Waals surface area contributed by atoms with Crippen LogP contribution in [0.4, 0.5) is 5.69 Å². The highest BCUT2D eigenvalue weighted by molar-refractivity contribution is 14.0. The van der Waals surface area contributed by atoms with Gasteiger partial charge in [-0.3, -0.25) is 9.89 Å². The van der Waals surface area contributed by atoms with Crippen molar-refractivity contribution >= 4 is 35.6 Å². The van der Waals surface area contributed by atoms with E-state index < -0.39 is 0 Å². The van der Waals surface area contributed by atoms with Crippen LogP contribution in [-0.4, -0.2) is 63.4 Å². The lowest BCUT2D eigenvalue weighted by atomic mass is 10.3. The Hall–Kier alpha value is -1.06. The molecule has 27 heavy (non-hydrogen) atoms. The Kier molecular flexibility index (Phi) is 12.4. The zero-order chi connectivity index (χ0) is 18.6. The maximum absolute atomic E-state index is 5.76. The van der Waals surface area contributed by atoms with Crippen molar-refractivity contribution in [3.05, 3.63) is 24.3 Å². The van der Waals surface area contributed by atoms with Crippen LogP contribution in [0.3, 0.4) is 0 Å². The van der Waals surface area contributed by atoms with E-state index in [0.717, 1.165) is 56.0 Å². The number of halogens is 1. The molecular weight excluding hydrogens is 455 g/mol. The van der Waals surface area contributed by atoms with E-state index in [1.807, 2.05) is 24.3 Å². The number of anilines is 1. The fourth-order valence-corrected chi connectivity index (χ4v) is 2.83. The first-order valence-corrected chi connectivity index (χ1v) is 9.78. The summed E-state index contributed by atoms with van der Waals surface area (Å²) in [4.78, 5) is 7.23. The van der Waals surface area contributed by atoms with E-state index in [1.54, 1.807) is 7.11 Å². The molecule has 1 aromatic carbocycles. The van der Waals surface area contributed by atoms with Crippen molar-refractivity contribution < 1.29 is 9.47 Å². The fraction of sp³-hybridized carbons (Fsp3) is 0.650. The maximum Gasteiger partial charge on any atom is 0.195 e. The minimum Gasteiger partial charge on any atom is -0.493 e. The molecule has 1 aliphatic carbocycles.